The van der Waals surface area contributed by atoms with E-state index in [0.717, 1.165) is 0 Å². The molecule has 2 N–H and O–H groups in total. The minimum absolute atomic E-state index is 0.0373. The first-order valence-corrected chi connectivity index (χ1v) is 13.8. The van der Waals surface area contributed by atoms with Gasteiger partial charge in [-0.3, -0.25) is 9.11 Å². The fourth-order valence-electron chi connectivity index (χ4n) is 3.32. The summed E-state index contributed by atoms with van der Waals surface area (Å²) < 4.78 is 73.0. The van der Waals surface area contributed by atoms with Crippen LogP contribution in [0.3, 0.4) is 0 Å². The van der Waals surface area contributed by atoms with E-state index in [9.17, 15) is 18.1 Å². The number of carbonyl (C=O) groups is 1. The van der Waals surface area contributed by atoms with Crippen LogP contribution in [0.25, 0.3) is 0 Å². The molecule has 0 aliphatic carbocycles. The number of benzene rings is 3. The lowest BCUT2D eigenvalue weighted by molar-refractivity contribution is -0.145. The van der Waals surface area contributed by atoms with E-state index in [1.165, 1.54) is 79.7 Å². The Morgan fingerprint density at radius 1 is 0.879 bits per heavy atom. The lowest BCUT2D eigenvalue weighted by Crippen LogP contribution is -2.55. The van der Waals surface area contributed by atoms with Crippen LogP contribution in [0.4, 0.5) is 8.78 Å². The number of halogens is 2. The van der Waals surface area contributed by atoms with E-state index >= 15 is 8.78 Å². The van der Waals surface area contributed by atoms with Gasteiger partial charge in [0.05, 0.1) is 0 Å². The topological polar surface area (TPSA) is 83.8 Å². The fourth-order valence-corrected chi connectivity index (χ4v) is 12.8. The van der Waals surface area contributed by atoms with Gasteiger partial charge in [-0.2, -0.15) is 8.78 Å². The van der Waals surface area contributed by atoms with Crippen LogP contribution in [0.5, 0.6) is 0 Å². The van der Waals surface area contributed by atoms with Crippen molar-refractivity contribution < 1.29 is 31.6 Å². The molecule has 0 amide bonds. The summed E-state index contributed by atoms with van der Waals surface area (Å²) in [5, 5.41) is -4.74. The van der Waals surface area contributed by atoms with Crippen LogP contribution in [0.2, 0.25) is 0 Å². The molecule has 176 valence electrons. The molecule has 0 aliphatic rings. The van der Waals surface area contributed by atoms with Crippen molar-refractivity contribution in [3.8, 4) is 0 Å². The molecule has 0 aromatic heterocycles. The number of hydrogen-bond donors (Lipinski definition) is 2. The maximum absolute atomic E-state index is 15.7. The van der Waals surface area contributed by atoms with Gasteiger partial charge >= 0.3 is 11.2 Å². The monoisotopic (exact) mass is 494 g/mol. The fraction of sp³-hybridized carbons (Fsp3) is 0.125. The highest BCUT2D eigenvalue weighted by atomic mass is 33.2. The summed E-state index contributed by atoms with van der Waals surface area (Å²) in [5.41, 5.74) is -0.169. The Labute approximate surface area is 191 Å². The van der Waals surface area contributed by atoms with E-state index in [1.54, 1.807) is 18.2 Å². The van der Waals surface area contributed by atoms with Gasteiger partial charge < -0.3 is 4.74 Å². The molecular weight excluding hydrogens is 470 g/mol. The Morgan fingerprint density at radius 2 is 1.21 bits per heavy atom. The molecule has 3 aromatic rings. The minimum atomic E-state index is -7.02. The SMILES string of the molecule is C=C(C)C(=O)OCC(F)(F)S(=O)(O)(O)S(c1ccccc1)(c1ccccc1)c1ccccc1. The van der Waals surface area contributed by atoms with Crippen molar-refractivity contribution in [3.63, 3.8) is 0 Å². The number of hydrogen-bond acceptors (Lipinski definition) is 3. The predicted molar refractivity (Wildman–Crippen MR) is 126 cm³/mol. The first-order valence-electron chi connectivity index (χ1n) is 9.78. The molecule has 3 rings (SSSR count). The summed E-state index contributed by atoms with van der Waals surface area (Å²) in [6.45, 7) is 2.76. The molecular formula is C24H24F2O5S2. The largest absolute Gasteiger partial charge is 0.455 e. The molecule has 0 saturated heterocycles. The second-order valence-electron chi connectivity index (χ2n) is 7.29. The van der Waals surface area contributed by atoms with E-state index < -0.39 is 35.6 Å². The lowest BCUT2D eigenvalue weighted by Gasteiger charge is -2.56. The van der Waals surface area contributed by atoms with Crippen molar-refractivity contribution in [2.45, 2.75) is 26.9 Å². The molecule has 0 unspecified atom stereocenters. The van der Waals surface area contributed by atoms with Crippen LogP contribution >= 0.6 is 9.06 Å². The van der Waals surface area contributed by atoms with Gasteiger partial charge in [-0.05, 0) is 43.3 Å². The molecule has 33 heavy (non-hydrogen) atoms. The number of rotatable bonds is 8. The zero-order valence-electron chi connectivity index (χ0n) is 17.8. The quantitative estimate of drug-likeness (QED) is 0.216. The van der Waals surface area contributed by atoms with Gasteiger partial charge in [-0.25, -0.2) is 9.00 Å². The highest BCUT2D eigenvalue weighted by molar-refractivity contribution is 8.97. The zero-order valence-corrected chi connectivity index (χ0v) is 19.4. The molecule has 0 fully saturated rings. The Morgan fingerprint density at radius 3 is 1.52 bits per heavy atom. The molecule has 9 heteroatoms. The maximum Gasteiger partial charge on any atom is 0.383 e. The van der Waals surface area contributed by atoms with Crippen molar-refractivity contribution in [2.75, 3.05) is 6.61 Å². The highest BCUT2D eigenvalue weighted by Gasteiger charge is 2.69. The van der Waals surface area contributed by atoms with Gasteiger partial charge in [0, 0.05) is 20.3 Å². The zero-order chi connectivity index (χ0) is 24.4. The van der Waals surface area contributed by atoms with Gasteiger partial charge in [-0.15, -0.1) is 0 Å². The van der Waals surface area contributed by atoms with Crippen LogP contribution in [0.1, 0.15) is 6.92 Å². The average molecular weight is 495 g/mol. The van der Waals surface area contributed by atoms with Gasteiger partial charge in [0.15, 0.2) is 15.3 Å². The molecule has 0 atom stereocenters. The molecule has 0 bridgehead atoms. The predicted octanol–water partition coefficient (Wildman–Crippen LogP) is 6.36. The van der Waals surface area contributed by atoms with E-state index in [4.69, 9.17) is 0 Å². The second kappa shape index (κ2) is 8.83. The maximum atomic E-state index is 15.7. The molecule has 0 spiro atoms. The third-order valence-electron chi connectivity index (χ3n) is 4.91. The summed E-state index contributed by atoms with van der Waals surface area (Å²) in [5.74, 6) is -1.17. The molecule has 0 aliphatic heterocycles. The lowest BCUT2D eigenvalue weighted by atomic mass is 10.4. The highest BCUT2D eigenvalue weighted by Crippen LogP contribution is 2.82. The molecule has 0 saturated carbocycles. The Balaban J connectivity index is 2.41. The second-order valence-corrected chi connectivity index (χ2v) is 15.3. The summed E-state index contributed by atoms with van der Waals surface area (Å²) in [6, 6.07) is 22.6. The first-order chi connectivity index (χ1) is 15.4. The van der Waals surface area contributed by atoms with Crippen LogP contribution in [0, 0.1) is 0 Å². The minimum Gasteiger partial charge on any atom is -0.455 e. The standard InChI is InChI=1S/C24H24F2O5S2/c1-19(2)23(27)31-18-24(25,26)33(28,29,30)32(20-12-6-3-7-13-20,21-14-8-4-9-15-21)22-16-10-5-11-17-22/h3-17H,1,18H2,2H3,(H2,28,29,30). The van der Waals surface area contributed by atoms with Crippen molar-refractivity contribution in [1.82, 2.24) is 0 Å². The summed E-state index contributed by atoms with van der Waals surface area (Å²) >= 11 is 0. The summed E-state index contributed by atoms with van der Waals surface area (Å²) in [6.07, 6.45) is 0. The molecule has 3 aromatic carbocycles. The van der Waals surface area contributed by atoms with E-state index in [0.29, 0.717) is 0 Å². The van der Waals surface area contributed by atoms with Crippen molar-refractivity contribution in [2.24, 2.45) is 0 Å². The van der Waals surface area contributed by atoms with Crippen LogP contribution < -0.4 is 0 Å². The van der Waals surface area contributed by atoms with Gasteiger partial charge in [0.2, 0.25) is 0 Å². The third-order valence-corrected chi connectivity index (χ3v) is 14.9. The van der Waals surface area contributed by atoms with Crippen molar-refractivity contribution in [1.29, 1.82) is 0 Å². The molecule has 0 heterocycles. The smallest absolute Gasteiger partial charge is 0.383 e. The molecule has 0 radical (unpaired) electrons. The van der Waals surface area contributed by atoms with E-state index in [1.807, 2.05) is 0 Å². The Hall–Kier alpha value is -2.85. The van der Waals surface area contributed by atoms with Crippen LogP contribution in [-0.2, 0) is 18.2 Å². The van der Waals surface area contributed by atoms with Gasteiger partial charge in [-0.1, -0.05) is 70.2 Å². The molecule has 5 nitrogen and oxygen atoms in total. The third kappa shape index (κ3) is 4.02. The van der Waals surface area contributed by atoms with E-state index in [-0.39, 0.29) is 20.3 Å². The normalized spacial score (nSPS) is 14.0. The van der Waals surface area contributed by atoms with Crippen molar-refractivity contribution >= 4 is 23.7 Å². The summed E-state index contributed by atoms with van der Waals surface area (Å²) in [4.78, 5) is 11.9. The number of alkyl halides is 2. The number of ether oxygens (including phenoxy) is 1. The average Bonchev–Trinajstić information content (AvgIpc) is 2.79. The van der Waals surface area contributed by atoms with Crippen LogP contribution in [-0.4, -0.2) is 31.1 Å². The summed E-state index contributed by atoms with van der Waals surface area (Å²) in [7, 11) is -11.0. The first kappa shape index (κ1) is 24.8. The Kier molecular flexibility index (Phi) is 6.63. The Bertz CT molecular complexity index is 1110. The number of esters is 1. The van der Waals surface area contributed by atoms with Crippen molar-refractivity contribution in [3.05, 3.63) is 103 Å². The number of carbonyl (C=O) groups excluding carboxylic acids is 1. The van der Waals surface area contributed by atoms with Gasteiger partial charge in [0.25, 0.3) is 0 Å². The van der Waals surface area contributed by atoms with E-state index in [2.05, 4.69) is 11.3 Å². The van der Waals surface area contributed by atoms with Gasteiger partial charge in [0.1, 0.15) is 0 Å². The van der Waals surface area contributed by atoms with Crippen LogP contribution in [0.15, 0.2) is 118 Å².